The molecule has 0 saturated carbocycles. The molecular formula is C25H29N5O2. The molecule has 1 aliphatic rings. The molecule has 1 fully saturated rings. The predicted molar refractivity (Wildman–Crippen MR) is 125 cm³/mol. The summed E-state index contributed by atoms with van der Waals surface area (Å²) in [4.78, 5) is 31.0. The van der Waals surface area contributed by atoms with Gasteiger partial charge in [-0.2, -0.15) is 0 Å². The smallest absolute Gasteiger partial charge is 0.257 e. The van der Waals surface area contributed by atoms with Crippen LogP contribution in [0.3, 0.4) is 0 Å². The predicted octanol–water partition coefficient (Wildman–Crippen LogP) is 4.02. The van der Waals surface area contributed by atoms with Crippen LogP contribution >= 0.6 is 0 Å². The Morgan fingerprint density at radius 3 is 2.78 bits per heavy atom. The van der Waals surface area contributed by atoms with Crippen molar-refractivity contribution in [1.29, 1.82) is 0 Å². The molecule has 1 amide bonds. The average molecular weight is 432 g/mol. The lowest BCUT2D eigenvalue weighted by Gasteiger charge is -2.33. The van der Waals surface area contributed by atoms with E-state index in [-0.39, 0.29) is 11.8 Å². The van der Waals surface area contributed by atoms with Gasteiger partial charge < -0.3 is 14.5 Å². The number of pyridine rings is 1. The van der Waals surface area contributed by atoms with Crippen molar-refractivity contribution in [2.45, 2.75) is 25.7 Å². The van der Waals surface area contributed by atoms with Gasteiger partial charge in [0.15, 0.2) is 5.82 Å². The van der Waals surface area contributed by atoms with Crippen LogP contribution in [0.25, 0.3) is 11.4 Å². The minimum atomic E-state index is 0.00752. The topological polar surface area (TPSA) is 71.5 Å². The second-order valence-corrected chi connectivity index (χ2v) is 8.13. The molecule has 0 radical (unpaired) electrons. The third kappa shape index (κ3) is 4.72. The number of amides is 1. The zero-order valence-corrected chi connectivity index (χ0v) is 18.9. The number of hydrogen-bond acceptors (Lipinski definition) is 6. The Kier molecular flexibility index (Phi) is 6.63. The summed E-state index contributed by atoms with van der Waals surface area (Å²) in [7, 11) is 3.95. The van der Waals surface area contributed by atoms with Crippen LogP contribution in [0.5, 0.6) is 5.75 Å². The molecule has 1 saturated heterocycles. The fourth-order valence-corrected chi connectivity index (χ4v) is 4.01. The Labute approximate surface area is 189 Å². The van der Waals surface area contributed by atoms with Crippen molar-refractivity contribution in [1.82, 2.24) is 19.9 Å². The van der Waals surface area contributed by atoms with Gasteiger partial charge in [-0.15, -0.1) is 0 Å². The summed E-state index contributed by atoms with van der Waals surface area (Å²) in [5, 5.41) is 0. The Morgan fingerprint density at radius 1 is 1.19 bits per heavy atom. The summed E-state index contributed by atoms with van der Waals surface area (Å²) in [6, 6.07) is 13.4. The largest absolute Gasteiger partial charge is 0.493 e. The quantitative estimate of drug-likeness (QED) is 0.587. The number of anilines is 1. The lowest BCUT2D eigenvalue weighted by molar-refractivity contribution is 0.0702. The van der Waals surface area contributed by atoms with Gasteiger partial charge in [0.05, 0.1) is 17.9 Å². The first-order valence-electron chi connectivity index (χ1n) is 11.0. The Morgan fingerprint density at radius 2 is 2.03 bits per heavy atom. The molecule has 4 rings (SSSR count). The number of likely N-dealkylation sites (tertiary alicyclic amines) is 1. The highest BCUT2D eigenvalue weighted by atomic mass is 16.5. The van der Waals surface area contributed by atoms with E-state index in [1.165, 1.54) is 0 Å². The molecule has 0 spiro atoms. The molecule has 32 heavy (non-hydrogen) atoms. The number of aromatic nitrogens is 3. The highest BCUT2D eigenvalue weighted by molar-refractivity contribution is 5.97. The van der Waals surface area contributed by atoms with Crippen molar-refractivity contribution in [3.05, 3.63) is 66.1 Å². The highest BCUT2D eigenvalue weighted by Gasteiger charge is 2.28. The molecule has 1 aromatic carbocycles. The van der Waals surface area contributed by atoms with Crippen molar-refractivity contribution in [3.8, 4) is 17.1 Å². The van der Waals surface area contributed by atoms with Crippen LogP contribution in [0.2, 0.25) is 0 Å². The van der Waals surface area contributed by atoms with Crippen LogP contribution in [-0.2, 0) is 0 Å². The van der Waals surface area contributed by atoms with Crippen LogP contribution in [0, 0.1) is 0 Å². The van der Waals surface area contributed by atoms with Gasteiger partial charge in [-0.3, -0.25) is 9.78 Å². The Hall–Kier alpha value is -3.48. The van der Waals surface area contributed by atoms with Gasteiger partial charge in [0.25, 0.3) is 5.91 Å². The number of rotatable bonds is 6. The molecule has 0 N–H and O–H groups in total. The van der Waals surface area contributed by atoms with Crippen LogP contribution < -0.4 is 9.64 Å². The summed E-state index contributed by atoms with van der Waals surface area (Å²) in [6.45, 7) is 3.81. The first-order valence-corrected chi connectivity index (χ1v) is 11.0. The molecule has 7 heteroatoms. The van der Waals surface area contributed by atoms with Gasteiger partial charge in [-0.25, -0.2) is 9.97 Å². The minimum Gasteiger partial charge on any atom is -0.493 e. The van der Waals surface area contributed by atoms with Crippen molar-refractivity contribution >= 4 is 11.7 Å². The van der Waals surface area contributed by atoms with E-state index in [1.807, 2.05) is 73.3 Å². The monoisotopic (exact) mass is 431 g/mol. The number of ether oxygens (including phenoxy) is 1. The molecule has 0 unspecified atom stereocenters. The van der Waals surface area contributed by atoms with Gasteiger partial charge in [-0.1, -0.05) is 12.1 Å². The van der Waals surface area contributed by atoms with E-state index in [0.29, 0.717) is 30.3 Å². The number of carbonyl (C=O) groups is 1. The molecule has 0 aliphatic carbocycles. The second-order valence-electron chi connectivity index (χ2n) is 8.13. The SMILES string of the molecule is CCOc1ccccc1C(=O)N1CCC[C@@H](c2cc(N(C)C)nc(-c3cccnc3)n2)C1. The molecule has 7 nitrogen and oxygen atoms in total. The third-order valence-electron chi connectivity index (χ3n) is 5.65. The van der Waals surface area contributed by atoms with Crippen molar-refractivity contribution in [2.75, 3.05) is 38.7 Å². The van der Waals surface area contributed by atoms with E-state index in [9.17, 15) is 4.79 Å². The fourth-order valence-electron chi connectivity index (χ4n) is 4.01. The summed E-state index contributed by atoms with van der Waals surface area (Å²) in [5.41, 5.74) is 2.45. The van der Waals surface area contributed by atoms with Crippen LogP contribution in [-0.4, -0.2) is 59.6 Å². The number of nitrogens with zero attached hydrogens (tertiary/aromatic N) is 5. The van der Waals surface area contributed by atoms with Crippen molar-refractivity contribution in [3.63, 3.8) is 0 Å². The Bertz CT molecular complexity index is 1070. The summed E-state index contributed by atoms with van der Waals surface area (Å²) in [5.74, 6) is 2.29. The average Bonchev–Trinajstić information content (AvgIpc) is 2.84. The number of carbonyl (C=O) groups excluding carboxylic acids is 1. The van der Waals surface area contributed by atoms with E-state index in [1.54, 1.807) is 12.4 Å². The van der Waals surface area contributed by atoms with Crippen LogP contribution in [0.4, 0.5) is 5.82 Å². The lowest BCUT2D eigenvalue weighted by Crippen LogP contribution is -2.39. The summed E-state index contributed by atoms with van der Waals surface area (Å²) in [6.07, 6.45) is 5.43. The molecule has 2 aromatic heterocycles. The fraction of sp³-hybridized carbons (Fsp3) is 0.360. The van der Waals surface area contributed by atoms with Crippen molar-refractivity contribution in [2.24, 2.45) is 0 Å². The maximum absolute atomic E-state index is 13.3. The van der Waals surface area contributed by atoms with Gasteiger partial charge in [0.1, 0.15) is 11.6 Å². The van der Waals surface area contributed by atoms with E-state index >= 15 is 0 Å². The number of hydrogen-bond donors (Lipinski definition) is 0. The van der Waals surface area contributed by atoms with Crippen LogP contribution in [0.1, 0.15) is 41.7 Å². The number of para-hydroxylation sites is 1. The molecule has 1 aliphatic heterocycles. The van der Waals surface area contributed by atoms with E-state index in [0.717, 1.165) is 36.5 Å². The van der Waals surface area contributed by atoms with Crippen LogP contribution in [0.15, 0.2) is 54.9 Å². The highest BCUT2D eigenvalue weighted by Crippen LogP contribution is 2.31. The van der Waals surface area contributed by atoms with Crippen molar-refractivity contribution < 1.29 is 9.53 Å². The van der Waals surface area contributed by atoms with Gasteiger partial charge in [0.2, 0.25) is 0 Å². The van der Waals surface area contributed by atoms with E-state index in [2.05, 4.69) is 4.98 Å². The van der Waals surface area contributed by atoms with E-state index in [4.69, 9.17) is 14.7 Å². The maximum Gasteiger partial charge on any atom is 0.257 e. The molecule has 3 aromatic rings. The van der Waals surface area contributed by atoms with Gasteiger partial charge >= 0.3 is 0 Å². The molecule has 1 atom stereocenters. The maximum atomic E-state index is 13.3. The Balaban J connectivity index is 1.62. The lowest BCUT2D eigenvalue weighted by atomic mass is 9.93. The summed E-state index contributed by atoms with van der Waals surface area (Å²) < 4.78 is 5.69. The zero-order valence-electron chi connectivity index (χ0n) is 18.9. The zero-order chi connectivity index (χ0) is 22.5. The molecular weight excluding hydrogens is 402 g/mol. The summed E-state index contributed by atoms with van der Waals surface area (Å²) >= 11 is 0. The second kappa shape index (κ2) is 9.77. The molecule has 3 heterocycles. The number of piperidine rings is 1. The van der Waals surface area contributed by atoms with Gasteiger partial charge in [-0.05, 0) is 44.0 Å². The first-order chi connectivity index (χ1) is 15.6. The molecule has 166 valence electrons. The number of benzene rings is 1. The first kappa shape index (κ1) is 21.7. The third-order valence-corrected chi connectivity index (χ3v) is 5.65. The van der Waals surface area contributed by atoms with Gasteiger partial charge in [0, 0.05) is 57.1 Å². The standard InChI is InChI=1S/C25H29N5O2/c1-4-32-22-12-6-5-11-20(22)25(31)30-14-8-10-19(17-30)21-15-23(29(2)3)28-24(27-21)18-9-7-13-26-16-18/h5-7,9,11-13,15-16,19H,4,8,10,14,17H2,1-3H3/t19-/m1/s1. The normalized spacial score (nSPS) is 16.0. The van der Waals surface area contributed by atoms with E-state index < -0.39 is 0 Å². The minimum absolute atomic E-state index is 0.00752. The molecule has 0 bridgehead atoms.